The van der Waals surface area contributed by atoms with E-state index in [-0.39, 0.29) is 0 Å². The topological polar surface area (TPSA) is 50.9 Å². The molecule has 0 radical (unpaired) electrons. The fraction of sp³-hybridized carbons (Fsp3) is 0.0714. The molecule has 0 aliphatic rings. The molecule has 18 heavy (non-hydrogen) atoms. The van der Waals surface area contributed by atoms with Crippen molar-refractivity contribution in [2.24, 2.45) is 0 Å². The fourth-order valence-electron chi connectivity index (χ4n) is 1.86. The zero-order valence-electron chi connectivity index (χ0n) is 9.76. The van der Waals surface area contributed by atoms with Crippen LogP contribution >= 0.6 is 11.3 Å². The van der Waals surface area contributed by atoms with Gasteiger partial charge in [0.1, 0.15) is 5.82 Å². The molecule has 0 aliphatic heterocycles. The van der Waals surface area contributed by atoms with Crippen LogP contribution in [0, 0.1) is 0 Å². The van der Waals surface area contributed by atoms with Crippen molar-refractivity contribution in [2.75, 3.05) is 11.1 Å². The van der Waals surface area contributed by atoms with Crippen molar-refractivity contribution in [3.05, 3.63) is 53.5 Å². The summed E-state index contributed by atoms with van der Waals surface area (Å²) in [5, 5.41) is 6.63. The summed E-state index contributed by atoms with van der Waals surface area (Å²) in [6, 6.07) is 12.0. The number of nitrogen functional groups attached to an aromatic ring is 1. The molecular weight excluding hydrogens is 242 g/mol. The Balaban J connectivity index is 1.80. The van der Waals surface area contributed by atoms with Crippen LogP contribution < -0.4 is 11.1 Å². The number of rotatable bonds is 3. The zero-order chi connectivity index (χ0) is 12.4. The van der Waals surface area contributed by atoms with E-state index in [1.807, 2.05) is 36.5 Å². The Kier molecular flexibility index (Phi) is 2.86. The lowest BCUT2D eigenvalue weighted by Crippen LogP contribution is -2.01. The molecule has 0 aliphatic carbocycles. The minimum absolute atomic E-state index is 0.752. The summed E-state index contributed by atoms with van der Waals surface area (Å²) in [5.74, 6) is 0.936. The van der Waals surface area contributed by atoms with Gasteiger partial charge in [-0.1, -0.05) is 12.1 Å². The van der Waals surface area contributed by atoms with Crippen LogP contribution in [0.15, 0.2) is 48.0 Å². The van der Waals surface area contributed by atoms with E-state index < -0.39 is 0 Å². The van der Waals surface area contributed by atoms with Gasteiger partial charge in [0, 0.05) is 28.5 Å². The molecule has 0 fully saturated rings. The van der Waals surface area contributed by atoms with Crippen molar-refractivity contribution in [1.82, 2.24) is 4.98 Å². The van der Waals surface area contributed by atoms with Gasteiger partial charge in [-0.25, -0.2) is 4.98 Å². The molecule has 0 atom stereocenters. The maximum atomic E-state index is 5.66. The average molecular weight is 255 g/mol. The highest BCUT2D eigenvalue weighted by Crippen LogP contribution is 2.26. The first-order valence-electron chi connectivity index (χ1n) is 5.73. The first-order chi connectivity index (χ1) is 8.83. The van der Waals surface area contributed by atoms with Crippen LogP contribution in [0.4, 0.5) is 11.5 Å². The number of nitrogens with zero attached hydrogens (tertiary/aromatic N) is 1. The molecule has 3 rings (SSSR count). The molecule has 0 spiro atoms. The standard InChI is InChI=1S/C14H13N3S/c15-11-3-1-10(2-4-11)9-17-14-12-6-8-18-13(12)5-7-16-14/h1-8H,9,15H2,(H,16,17). The van der Waals surface area contributed by atoms with Crippen LogP contribution in [0.25, 0.3) is 10.1 Å². The zero-order valence-corrected chi connectivity index (χ0v) is 10.6. The summed E-state index contributed by atoms with van der Waals surface area (Å²) < 4.78 is 1.25. The molecule has 0 saturated carbocycles. The smallest absolute Gasteiger partial charge is 0.134 e. The van der Waals surface area contributed by atoms with E-state index in [1.165, 1.54) is 15.6 Å². The van der Waals surface area contributed by atoms with Gasteiger partial charge >= 0.3 is 0 Å². The summed E-state index contributed by atoms with van der Waals surface area (Å²) in [5.41, 5.74) is 7.64. The maximum absolute atomic E-state index is 5.66. The predicted octanol–water partition coefficient (Wildman–Crippen LogP) is 3.49. The number of pyridine rings is 1. The van der Waals surface area contributed by atoms with E-state index >= 15 is 0 Å². The van der Waals surface area contributed by atoms with E-state index in [1.54, 1.807) is 11.3 Å². The molecule has 0 unspecified atom stereocenters. The second kappa shape index (κ2) is 4.66. The second-order valence-corrected chi connectivity index (χ2v) is 5.03. The number of hydrogen-bond acceptors (Lipinski definition) is 4. The van der Waals surface area contributed by atoms with Gasteiger partial charge < -0.3 is 11.1 Å². The number of nitrogens with two attached hydrogens (primary N) is 1. The lowest BCUT2D eigenvalue weighted by Gasteiger charge is -2.07. The Morgan fingerprint density at radius 2 is 1.94 bits per heavy atom. The van der Waals surface area contributed by atoms with Crippen molar-refractivity contribution in [3.63, 3.8) is 0 Å². The van der Waals surface area contributed by atoms with E-state index in [0.717, 1.165) is 18.1 Å². The molecule has 3 nitrogen and oxygen atoms in total. The molecule has 2 aromatic heterocycles. The lowest BCUT2D eigenvalue weighted by molar-refractivity contribution is 1.12. The maximum Gasteiger partial charge on any atom is 0.134 e. The molecule has 3 N–H and O–H groups in total. The van der Waals surface area contributed by atoms with Crippen LogP contribution in [0.2, 0.25) is 0 Å². The van der Waals surface area contributed by atoms with Gasteiger partial charge in [-0.15, -0.1) is 11.3 Å². The number of hydrogen-bond donors (Lipinski definition) is 2. The SMILES string of the molecule is Nc1ccc(CNc2nccc3sccc23)cc1. The number of benzene rings is 1. The fourth-order valence-corrected chi connectivity index (χ4v) is 2.64. The summed E-state index contributed by atoms with van der Waals surface area (Å²) in [7, 11) is 0. The second-order valence-electron chi connectivity index (χ2n) is 4.09. The molecule has 0 amide bonds. The van der Waals surface area contributed by atoms with Crippen molar-refractivity contribution in [2.45, 2.75) is 6.54 Å². The Hall–Kier alpha value is -2.07. The van der Waals surface area contributed by atoms with Crippen molar-refractivity contribution < 1.29 is 0 Å². The van der Waals surface area contributed by atoms with Gasteiger partial charge in [-0.05, 0) is 35.2 Å². The van der Waals surface area contributed by atoms with Crippen LogP contribution in [-0.2, 0) is 6.54 Å². The monoisotopic (exact) mass is 255 g/mol. The van der Waals surface area contributed by atoms with Gasteiger partial charge in [0.15, 0.2) is 0 Å². The number of nitrogens with one attached hydrogen (secondary N) is 1. The minimum Gasteiger partial charge on any atom is -0.399 e. The van der Waals surface area contributed by atoms with Gasteiger partial charge in [-0.3, -0.25) is 0 Å². The van der Waals surface area contributed by atoms with Crippen LogP contribution in [-0.4, -0.2) is 4.98 Å². The van der Waals surface area contributed by atoms with Crippen LogP contribution in [0.5, 0.6) is 0 Å². The van der Waals surface area contributed by atoms with Crippen molar-refractivity contribution in [1.29, 1.82) is 0 Å². The molecular formula is C14H13N3S. The number of fused-ring (bicyclic) bond motifs is 1. The predicted molar refractivity (Wildman–Crippen MR) is 77.8 cm³/mol. The summed E-state index contributed by atoms with van der Waals surface area (Å²) in [6.07, 6.45) is 1.84. The highest BCUT2D eigenvalue weighted by molar-refractivity contribution is 7.17. The highest BCUT2D eigenvalue weighted by atomic mass is 32.1. The van der Waals surface area contributed by atoms with E-state index in [2.05, 4.69) is 21.7 Å². The third-order valence-corrected chi connectivity index (χ3v) is 3.70. The van der Waals surface area contributed by atoms with Gasteiger partial charge in [0.25, 0.3) is 0 Å². The molecule has 1 aromatic carbocycles. The molecule has 0 bridgehead atoms. The normalized spacial score (nSPS) is 10.7. The van der Waals surface area contributed by atoms with Gasteiger partial charge in [0.2, 0.25) is 0 Å². The Bertz CT molecular complexity index is 658. The summed E-state index contributed by atoms with van der Waals surface area (Å²) in [6.45, 7) is 0.752. The van der Waals surface area contributed by atoms with E-state index in [9.17, 15) is 0 Å². The number of aromatic nitrogens is 1. The van der Waals surface area contributed by atoms with E-state index in [0.29, 0.717) is 0 Å². The number of thiophene rings is 1. The summed E-state index contributed by atoms with van der Waals surface area (Å²) >= 11 is 1.73. The first kappa shape index (κ1) is 11.0. The van der Waals surface area contributed by atoms with Gasteiger partial charge in [0.05, 0.1) is 0 Å². The lowest BCUT2D eigenvalue weighted by atomic mass is 10.2. The van der Waals surface area contributed by atoms with Gasteiger partial charge in [-0.2, -0.15) is 0 Å². The Morgan fingerprint density at radius 1 is 1.11 bits per heavy atom. The molecule has 90 valence electrons. The molecule has 3 aromatic rings. The highest BCUT2D eigenvalue weighted by Gasteiger charge is 2.02. The number of anilines is 2. The largest absolute Gasteiger partial charge is 0.399 e. The molecule has 0 saturated heterocycles. The first-order valence-corrected chi connectivity index (χ1v) is 6.61. The Labute approximate surface area is 109 Å². The minimum atomic E-state index is 0.752. The average Bonchev–Trinajstić information content (AvgIpc) is 2.87. The third-order valence-electron chi connectivity index (χ3n) is 2.82. The Morgan fingerprint density at radius 3 is 2.78 bits per heavy atom. The quantitative estimate of drug-likeness (QED) is 0.704. The van der Waals surface area contributed by atoms with Crippen LogP contribution in [0.3, 0.4) is 0 Å². The van der Waals surface area contributed by atoms with Crippen LogP contribution in [0.1, 0.15) is 5.56 Å². The molecule has 4 heteroatoms. The summed E-state index contributed by atoms with van der Waals surface area (Å²) in [4.78, 5) is 4.38. The third kappa shape index (κ3) is 2.15. The van der Waals surface area contributed by atoms with Crippen molar-refractivity contribution in [3.8, 4) is 0 Å². The molecule has 2 heterocycles. The van der Waals surface area contributed by atoms with Crippen molar-refractivity contribution >= 4 is 32.9 Å². The van der Waals surface area contributed by atoms with E-state index in [4.69, 9.17) is 5.73 Å².